The maximum absolute atomic E-state index is 13.1. The van der Waals surface area contributed by atoms with Crippen LogP contribution in [0.5, 0.6) is 0 Å². The Labute approximate surface area is 144 Å². The smallest absolute Gasteiger partial charge is 0.264 e. The summed E-state index contributed by atoms with van der Waals surface area (Å²) in [6.45, 7) is 5.00. The van der Waals surface area contributed by atoms with Gasteiger partial charge in [0, 0.05) is 5.57 Å². The molecule has 0 aliphatic carbocycles. The van der Waals surface area contributed by atoms with Crippen LogP contribution < -0.4 is 10.0 Å². The van der Waals surface area contributed by atoms with Gasteiger partial charge in [0.15, 0.2) is 0 Å². The maximum atomic E-state index is 13.1. The highest BCUT2D eigenvalue weighted by molar-refractivity contribution is 7.93. The van der Waals surface area contributed by atoms with Crippen LogP contribution in [0.25, 0.3) is 0 Å². The molecule has 0 atom stereocenters. The summed E-state index contributed by atoms with van der Waals surface area (Å²) in [6, 6.07) is 9.15. The molecule has 0 bridgehead atoms. The van der Waals surface area contributed by atoms with Gasteiger partial charge in [0.1, 0.15) is 10.7 Å². The molecular formula is C16H14ClFN2O3S. The van der Waals surface area contributed by atoms with E-state index < -0.39 is 21.7 Å². The minimum Gasteiger partial charge on any atom is -0.321 e. The van der Waals surface area contributed by atoms with Crippen LogP contribution in [0.2, 0.25) is 5.02 Å². The van der Waals surface area contributed by atoms with E-state index in [1.54, 1.807) is 6.07 Å². The number of sulfonamides is 1. The highest BCUT2D eigenvalue weighted by atomic mass is 35.5. The number of benzene rings is 2. The quantitative estimate of drug-likeness (QED) is 0.788. The lowest BCUT2D eigenvalue weighted by Gasteiger charge is -2.14. The number of anilines is 2. The molecule has 0 aliphatic rings. The molecule has 24 heavy (non-hydrogen) atoms. The van der Waals surface area contributed by atoms with Crippen LogP contribution in [-0.2, 0) is 14.8 Å². The Kier molecular flexibility index (Phi) is 5.26. The second-order valence-electron chi connectivity index (χ2n) is 4.96. The van der Waals surface area contributed by atoms with Crippen LogP contribution in [0.1, 0.15) is 6.92 Å². The molecule has 0 unspecified atom stereocenters. The first-order chi connectivity index (χ1) is 11.2. The summed E-state index contributed by atoms with van der Waals surface area (Å²) in [7, 11) is -4.05. The molecule has 2 N–H and O–H groups in total. The first kappa shape index (κ1) is 18.0. The van der Waals surface area contributed by atoms with Gasteiger partial charge in [-0.2, -0.15) is 0 Å². The number of amides is 1. The number of hydrogen-bond donors (Lipinski definition) is 2. The molecule has 0 aliphatic heterocycles. The summed E-state index contributed by atoms with van der Waals surface area (Å²) in [6.07, 6.45) is 0. The molecule has 0 fully saturated rings. The molecule has 2 aromatic carbocycles. The number of rotatable bonds is 5. The number of carbonyl (C=O) groups is 1. The minimum absolute atomic E-state index is 0.0269. The molecule has 0 radical (unpaired) electrons. The van der Waals surface area contributed by atoms with Gasteiger partial charge in [-0.3, -0.25) is 9.52 Å². The summed E-state index contributed by atoms with van der Waals surface area (Å²) in [5.41, 5.74) is 0.354. The lowest BCUT2D eigenvalue weighted by atomic mass is 10.3. The van der Waals surface area contributed by atoms with Gasteiger partial charge in [-0.25, -0.2) is 12.8 Å². The fourth-order valence-electron chi connectivity index (χ4n) is 1.81. The molecule has 0 saturated heterocycles. The monoisotopic (exact) mass is 368 g/mol. The molecule has 0 aromatic heterocycles. The van der Waals surface area contributed by atoms with Crippen LogP contribution in [0.4, 0.5) is 15.8 Å². The van der Waals surface area contributed by atoms with Crippen molar-refractivity contribution in [2.24, 2.45) is 0 Å². The summed E-state index contributed by atoms with van der Waals surface area (Å²) in [5, 5.41) is 2.39. The van der Waals surface area contributed by atoms with Crippen molar-refractivity contribution in [2.75, 3.05) is 10.0 Å². The van der Waals surface area contributed by atoms with Gasteiger partial charge in [-0.1, -0.05) is 30.3 Å². The number of hydrogen-bond acceptors (Lipinski definition) is 3. The Morgan fingerprint density at radius 2 is 1.83 bits per heavy atom. The fraction of sp³-hybridized carbons (Fsp3) is 0.0625. The number of nitrogens with one attached hydrogen (secondary N) is 2. The Hall–Kier alpha value is -2.38. The van der Waals surface area contributed by atoms with Crippen LogP contribution in [-0.4, -0.2) is 14.3 Å². The lowest BCUT2D eigenvalue weighted by Crippen LogP contribution is -2.18. The molecular weight excluding hydrogens is 355 g/mol. The van der Waals surface area contributed by atoms with E-state index in [0.717, 1.165) is 12.1 Å². The van der Waals surface area contributed by atoms with E-state index >= 15 is 0 Å². The molecule has 2 aromatic rings. The fourth-order valence-corrected chi connectivity index (χ4v) is 3.32. The highest BCUT2D eigenvalue weighted by Crippen LogP contribution is 2.28. The third-order valence-electron chi connectivity index (χ3n) is 2.99. The van der Waals surface area contributed by atoms with E-state index in [2.05, 4.69) is 16.6 Å². The van der Waals surface area contributed by atoms with Crippen LogP contribution in [0, 0.1) is 5.82 Å². The predicted octanol–water partition coefficient (Wildman–Crippen LogP) is 3.79. The average molecular weight is 369 g/mol. The van der Waals surface area contributed by atoms with Crippen molar-refractivity contribution in [1.29, 1.82) is 0 Å². The van der Waals surface area contributed by atoms with Gasteiger partial charge in [-0.05, 0) is 37.3 Å². The van der Waals surface area contributed by atoms with Crippen LogP contribution in [0.3, 0.4) is 0 Å². The zero-order chi connectivity index (χ0) is 17.9. The van der Waals surface area contributed by atoms with Gasteiger partial charge >= 0.3 is 0 Å². The van der Waals surface area contributed by atoms with Crippen molar-refractivity contribution in [3.05, 3.63) is 65.5 Å². The van der Waals surface area contributed by atoms with E-state index in [0.29, 0.717) is 0 Å². The third kappa shape index (κ3) is 4.12. The topological polar surface area (TPSA) is 75.3 Å². The highest BCUT2D eigenvalue weighted by Gasteiger charge is 2.21. The zero-order valence-corrected chi connectivity index (χ0v) is 14.2. The predicted molar refractivity (Wildman–Crippen MR) is 92.1 cm³/mol. The second-order valence-corrected chi connectivity index (χ2v) is 7.02. The van der Waals surface area contributed by atoms with E-state index in [-0.39, 0.29) is 26.9 Å². The van der Waals surface area contributed by atoms with Crippen molar-refractivity contribution >= 4 is 38.9 Å². The van der Waals surface area contributed by atoms with Crippen LogP contribution in [0.15, 0.2) is 59.5 Å². The number of para-hydroxylation sites is 1. The first-order valence-electron chi connectivity index (χ1n) is 6.74. The van der Waals surface area contributed by atoms with E-state index in [9.17, 15) is 17.6 Å². The Morgan fingerprint density at radius 3 is 2.46 bits per heavy atom. The van der Waals surface area contributed by atoms with Crippen LogP contribution >= 0.6 is 11.6 Å². The largest absolute Gasteiger partial charge is 0.321 e. The standard InChI is InChI=1S/C16H14ClFN2O3S/c1-10(2)16(21)19-14-5-3-4-6-15(14)24(22,23)20-13-8-7-11(18)9-12(13)17/h3-9,20H,1H2,2H3,(H,19,21). The molecule has 8 heteroatoms. The van der Waals surface area contributed by atoms with E-state index in [4.69, 9.17) is 11.6 Å². The van der Waals surface area contributed by atoms with Gasteiger partial charge in [0.05, 0.1) is 16.4 Å². The summed E-state index contributed by atoms with van der Waals surface area (Å²) in [5.74, 6) is -1.09. The molecule has 126 valence electrons. The van der Waals surface area contributed by atoms with Crippen molar-refractivity contribution in [1.82, 2.24) is 0 Å². The Bertz CT molecular complexity index is 913. The molecule has 0 spiro atoms. The maximum Gasteiger partial charge on any atom is 0.264 e. The van der Waals surface area contributed by atoms with Crippen molar-refractivity contribution in [3.8, 4) is 0 Å². The van der Waals surface area contributed by atoms with Gasteiger partial charge in [0.2, 0.25) is 0 Å². The van der Waals surface area contributed by atoms with Gasteiger partial charge in [-0.15, -0.1) is 0 Å². The molecule has 1 amide bonds. The lowest BCUT2D eigenvalue weighted by molar-refractivity contribution is -0.112. The minimum atomic E-state index is -4.05. The second kappa shape index (κ2) is 7.02. The Balaban J connectivity index is 2.39. The average Bonchev–Trinajstić information content (AvgIpc) is 2.50. The molecule has 5 nitrogen and oxygen atoms in total. The summed E-state index contributed by atoms with van der Waals surface area (Å²) in [4.78, 5) is 11.6. The molecule has 2 rings (SSSR count). The van der Waals surface area contributed by atoms with Crippen molar-refractivity contribution < 1.29 is 17.6 Å². The molecule has 0 saturated carbocycles. The van der Waals surface area contributed by atoms with Gasteiger partial charge in [0.25, 0.3) is 15.9 Å². The first-order valence-corrected chi connectivity index (χ1v) is 8.60. The molecule has 0 heterocycles. The SMILES string of the molecule is C=C(C)C(=O)Nc1ccccc1S(=O)(=O)Nc1ccc(F)cc1Cl. The van der Waals surface area contributed by atoms with E-state index in [1.807, 2.05) is 0 Å². The van der Waals surface area contributed by atoms with E-state index in [1.165, 1.54) is 31.2 Å². The third-order valence-corrected chi connectivity index (χ3v) is 4.72. The number of carbonyl (C=O) groups excluding carboxylic acids is 1. The van der Waals surface area contributed by atoms with Crippen molar-refractivity contribution in [3.63, 3.8) is 0 Å². The normalized spacial score (nSPS) is 11.0. The van der Waals surface area contributed by atoms with Crippen molar-refractivity contribution in [2.45, 2.75) is 11.8 Å². The van der Waals surface area contributed by atoms with Gasteiger partial charge < -0.3 is 5.32 Å². The summed E-state index contributed by atoms with van der Waals surface area (Å²) < 4.78 is 40.5. The zero-order valence-electron chi connectivity index (χ0n) is 12.6. The summed E-state index contributed by atoms with van der Waals surface area (Å²) >= 11 is 5.84. The Morgan fingerprint density at radius 1 is 1.17 bits per heavy atom. The number of halogens is 2.